The first-order valence-corrected chi connectivity index (χ1v) is 5.59. The van der Waals surface area contributed by atoms with Gasteiger partial charge in [0.1, 0.15) is 17.9 Å². The normalized spacial score (nSPS) is 10.3. The van der Waals surface area contributed by atoms with Crippen molar-refractivity contribution in [3.05, 3.63) is 41.5 Å². The molecule has 1 aromatic heterocycles. The van der Waals surface area contributed by atoms with Gasteiger partial charge in [-0.25, -0.2) is 4.98 Å². The first-order chi connectivity index (χ1) is 8.66. The van der Waals surface area contributed by atoms with Crippen LogP contribution in [0.25, 0.3) is 0 Å². The molecule has 0 aliphatic rings. The molecule has 0 unspecified atom stereocenters. The van der Waals surface area contributed by atoms with E-state index in [0.717, 1.165) is 11.4 Å². The van der Waals surface area contributed by atoms with Gasteiger partial charge in [-0.3, -0.25) is 9.89 Å². The predicted molar refractivity (Wildman–Crippen MR) is 65.3 cm³/mol. The van der Waals surface area contributed by atoms with E-state index in [-0.39, 0.29) is 11.7 Å². The summed E-state index contributed by atoms with van der Waals surface area (Å²) in [5.41, 5.74) is 1.30. The van der Waals surface area contributed by atoms with E-state index < -0.39 is 0 Å². The van der Waals surface area contributed by atoms with Crippen molar-refractivity contribution in [1.82, 2.24) is 20.5 Å². The number of carbonyl (C=O) groups excluding carboxylic acids is 1. The lowest BCUT2D eigenvalue weighted by molar-refractivity contribution is 0.0953. The van der Waals surface area contributed by atoms with Crippen LogP contribution in [0.3, 0.4) is 0 Å². The van der Waals surface area contributed by atoms with E-state index in [2.05, 4.69) is 20.5 Å². The molecule has 18 heavy (non-hydrogen) atoms. The molecular weight excluding hydrogens is 232 g/mol. The summed E-state index contributed by atoms with van der Waals surface area (Å²) < 4.78 is 0. The maximum absolute atomic E-state index is 11.9. The summed E-state index contributed by atoms with van der Waals surface area (Å²) in [7, 11) is 0. The second-order valence-electron chi connectivity index (χ2n) is 3.94. The van der Waals surface area contributed by atoms with Crippen LogP contribution in [-0.2, 0) is 6.42 Å². The largest absolute Gasteiger partial charge is 0.508 e. The summed E-state index contributed by atoms with van der Waals surface area (Å²) in [4.78, 5) is 15.8. The van der Waals surface area contributed by atoms with E-state index in [1.165, 1.54) is 12.4 Å². The molecule has 6 heteroatoms. The fourth-order valence-electron chi connectivity index (χ4n) is 1.64. The Kier molecular flexibility index (Phi) is 3.57. The Labute approximate surface area is 104 Å². The second kappa shape index (κ2) is 5.31. The van der Waals surface area contributed by atoms with Gasteiger partial charge in [-0.05, 0) is 30.7 Å². The molecule has 1 heterocycles. The lowest BCUT2D eigenvalue weighted by atomic mass is 10.1. The molecule has 0 aliphatic carbocycles. The van der Waals surface area contributed by atoms with Gasteiger partial charge in [0.05, 0.1) is 0 Å². The average Bonchev–Trinajstić information content (AvgIpc) is 2.81. The molecule has 0 atom stereocenters. The fraction of sp³-hybridized carbons (Fsp3) is 0.250. The molecule has 0 bridgehead atoms. The van der Waals surface area contributed by atoms with Crippen LogP contribution in [0, 0.1) is 6.92 Å². The number of phenols is 1. The Bertz CT molecular complexity index is 537. The van der Waals surface area contributed by atoms with E-state index in [1.54, 1.807) is 19.1 Å². The molecule has 0 aliphatic heterocycles. The Hall–Kier alpha value is -2.37. The lowest BCUT2D eigenvalue weighted by Crippen LogP contribution is -2.26. The molecular formula is C12H14N4O2. The van der Waals surface area contributed by atoms with Crippen LogP contribution in [0.15, 0.2) is 24.5 Å². The van der Waals surface area contributed by atoms with Gasteiger partial charge in [-0.15, -0.1) is 0 Å². The molecule has 0 fully saturated rings. The number of hydrogen-bond acceptors (Lipinski definition) is 4. The predicted octanol–water partition coefficient (Wildman–Crippen LogP) is 0.791. The summed E-state index contributed by atoms with van der Waals surface area (Å²) in [5, 5.41) is 18.5. The molecule has 2 aromatic rings. The summed E-state index contributed by atoms with van der Waals surface area (Å²) in [6.07, 6.45) is 2.03. The van der Waals surface area contributed by atoms with E-state index in [9.17, 15) is 9.90 Å². The van der Waals surface area contributed by atoms with E-state index >= 15 is 0 Å². The van der Waals surface area contributed by atoms with Gasteiger partial charge in [0.25, 0.3) is 5.91 Å². The van der Waals surface area contributed by atoms with Crippen molar-refractivity contribution in [2.45, 2.75) is 13.3 Å². The molecule has 1 amide bonds. The van der Waals surface area contributed by atoms with E-state index in [1.807, 2.05) is 0 Å². The summed E-state index contributed by atoms with van der Waals surface area (Å²) in [6.45, 7) is 2.26. The Morgan fingerprint density at radius 1 is 1.50 bits per heavy atom. The molecule has 0 spiro atoms. The smallest absolute Gasteiger partial charge is 0.251 e. The molecule has 3 N–H and O–H groups in total. The maximum atomic E-state index is 11.9. The summed E-state index contributed by atoms with van der Waals surface area (Å²) >= 11 is 0. The quantitative estimate of drug-likeness (QED) is 0.744. The van der Waals surface area contributed by atoms with Crippen LogP contribution < -0.4 is 5.32 Å². The Balaban J connectivity index is 1.91. The minimum Gasteiger partial charge on any atom is -0.508 e. The molecule has 2 rings (SSSR count). The standard InChI is InChI=1S/C12H14N4O2/c1-8-6-9(17)2-3-10(8)12(18)13-5-4-11-14-7-15-16-11/h2-3,6-7,17H,4-5H2,1H3,(H,13,18)(H,14,15,16). The summed E-state index contributed by atoms with van der Waals surface area (Å²) in [5.74, 6) is 0.732. The number of benzene rings is 1. The van der Waals surface area contributed by atoms with Gasteiger partial charge in [0.15, 0.2) is 0 Å². The van der Waals surface area contributed by atoms with Gasteiger partial charge < -0.3 is 10.4 Å². The number of aryl methyl sites for hydroxylation is 1. The van der Waals surface area contributed by atoms with Crippen molar-refractivity contribution in [2.75, 3.05) is 6.54 Å². The van der Waals surface area contributed by atoms with Crippen LogP contribution in [-0.4, -0.2) is 32.7 Å². The molecule has 0 radical (unpaired) electrons. The number of aromatic hydroxyl groups is 1. The molecule has 0 saturated heterocycles. The third kappa shape index (κ3) is 2.85. The zero-order valence-electron chi connectivity index (χ0n) is 9.97. The zero-order valence-corrected chi connectivity index (χ0v) is 9.97. The Morgan fingerprint density at radius 3 is 3.00 bits per heavy atom. The van der Waals surface area contributed by atoms with Crippen molar-refractivity contribution < 1.29 is 9.90 Å². The first kappa shape index (κ1) is 12.1. The van der Waals surface area contributed by atoms with Crippen LogP contribution in [0.5, 0.6) is 5.75 Å². The second-order valence-corrected chi connectivity index (χ2v) is 3.94. The van der Waals surface area contributed by atoms with Crippen LogP contribution >= 0.6 is 0 Å². The minimum absolute atomic E-state index is 0.158. The van der Waals surface area contributed by atoms with Crippen molar-refractivity contribution in [1.29, 1.82) is 0 Å². The number of hydrogen-bond donors (Lipinski definition) is 3. The van der Waals surface area contributed by atoms with E-state index in [0.29, 0.717) is 18.5 Å². The number of nitrogens with one attached hydrogen (secondary N) is 2. The van der Waals surface area contributed by atoms with Crippen LogP contribution in [0.1, 0.15) is 21.7 Å². The first-order valence-electron chi connectivity index (χ1n) is 5.59. The molecule has 0 saturated carbocycles. The number of phenolic OH excluding ortho intramolecular Hbond substituents is 1. The maximum Gasteiger partial charge on any atom is 0.251 e. The lowest BCUT2D eigenvalue weighted by Gasteiger charge is -2.07. The third-order valence-electron chi connectivity index (χ3n) is 2.57. The number of aromatic nitrogens is 3. The highest BCUT2D eigenvalue weighted by Gasteiger charge is 2.08. The number of aromatic amines is 1. The van der Waals surface area contributed by atoms with E-state index in [4.69, 9.17) is 0 Å². The number of H-pyrrole nitrogens is 1. The Morgan fingerprint density at radius 2 is 2.33 bits per heavy atom. The monoisotopic (exact) mass is 246 g/mol. The topological polar surface area (TPSA) is 90.9 Å². The highest BCUT2D eigenvalue weighted by Crippen LogP contribution is 2.15. The average molecular weight is 246 g/mol. The van der Waals surface area contributed by atoms with Crippen LogP contribution in [0.4, 0.5) is 0 Å². The third-order valence-corrected chi connectivity index (χ3v) is 2.57. The van der Waals surface area contributed by atoms with Crippen molar-refractivity contribution in [3.8, 4) is 5.75 Å². The minimum atomic E-state index is -0.160. The number of amides is 1. The van der Waals surface area contributed by atoms with Crippen molar-refractivity contribution >= 4 is 5.91 Å². The van der Waals surface area contributed by atoms with Crippen molar-refractivity contribution in [2.24, 2.45) is 0 Å². The highest BCUT2D eigenvalue weighted by molar-refractivity contribution is 5.95. The zero-order chi connectivity index (χ0) is 13.0. The molecule has 6 nitrogen and oxygen atoms in total. The van der Waals surface area contributed by atoms with Gasteiger partial charge >= 0.3 is 0 Å². The molecule has 1 aromatic carbocycles. The van der Waals surface area contributed by atoms with Gasteiger partial charge in [0, 0.05) is 18.5 Å². The van der Waals surface area contributed by atoms with Gasteiger partial charge in [0.2, 0.25) is 0 Å². The number of nitrogens with zero attached hydrogens (tertiary/aromatic N) is 2. The van der Waals surface area contributed by atoms with Gasteiger partial charge in [-0.1, -0.05) is 0 Å². The SMILES string of the molecule is Cc1cc(O)ccc1C(=O)NCCc1ncn[nH]1. The highest BCUT2D eigenvalue weighted by atomic mass is 16.3. The number of carbonyl (C=O) groups is 1. The number of rotatable bonds is 4. The van der Waals surface area contributed by atoms with Crippen LogP contribution in [0.2, 0.25) is 0 Å². The fourth-order valence-corrected chi connectivity index (χ4v) is 1.64. The van der Waals surface area contributed by atoms with Gasteiger partial charge in [-0.2, -0.15) is 5.10 Å². The van der Waals surface area contributed by atoms with Crippen molar-refractivity contribution in [3.63, 3.8) is 0 Å². The summed E-state index contributed by atoms with van der Waals surface area (Å²) in [6, 6.07) is 4.66. The molecule has 94 valence electrons.